The summed E-state index contributed by atoms with van der Waals surface area (Å²) < 4.78 is 25.3. The zero-order chi connectivity index (χ0) is 48.7. The fourth-order valence-corrected chi connectivity index (χ4v) is 9.14. The normalized spacial score (nSPS) is 17.6. The molecule has 7 rings (SSSR count). The highest BCUT2D eigenvalue weighted by molar-refractivity contribution is 8.00. The largest absolute Gasteiger partial charge is 0.497 e. The molecule has 2 unspecified atom stereocenters. The number of oxime groups is 1. The summed E-state index contributed by atoms with van der Waals surface area (Å²) in [6.45, 7) is 15.0. The van der Waals surface area contributed by atoms with Gasteiger partial charge in [-0.25, -0.2) is 14.6 Å². The molecule has 2 aliphatic heterocycles. The van der Waals surface area contributed by atoms with Crippen molar-refractivity contribution in [1.29, 1.82) is 0 Å². The van der Waals surface area contributed by atoms with E-state index in [9.17, 15) is 24.0 Å². The summed E-state index contributed by atoms with van der Waals surface area (Å²) in [5, 5.41) is 12.2. The van der Waals surface area contributed by atoms with Crippen LogP contribution in [0.3, 0.4) is 0 Å². The van der Waals surface area contributed by atoms with Crippen LogP contribution in [0, 0.1) is 0 Å². The van der Waals surface area contributed by atoms with Crippen molar-refractivity contribution in [1.82, 2.24) is 25.1 Å². The van der Waals surface area contributed by atoms with Crippen LogP contribution in [0.4, 0.5) is 9.93 Å². The van der Waals surface area contributed by atoms with Crippen LogP contribution in [0.15, 0.2) is 71.3 Å². The van der Waals surface area contributed by atoms with E-state index in [2.05, 4.69) is 52.2 Å². The molecule has 3 aromatic heterocycles. The van der Waals surface area contributed by atoms with Crippen LogP contribution >= 0.6 is 34.7 Å². The number of rotatable bonds is 17. The molecule has 2 fully saturated rings. The summed E-state index contributed by atoms with van der Waals surface area (Å²) in [5.74, 6) is -0.887. The number of thioether (sulfide) groups is 1. The molecule has 4 aromatic rings. The lowest BCUT2D eigenvalue weighted by atomic mass is 10.0. The molecule has 21 heteroatoms. The van der Waals surface area contributed by atoms with E-state index in [1.165, 1.54) is 16.7 Å². The number of esters is 1. The quantitative estimate of drug-likeness (QED) is 0.0155. The molecule has 67 heavy (non-hydrogen) atoms. The first-order valence-electron chi connectivity index (χ1n) is 21.7. The number of hydrogen-bond donors (Lipinski definition) is 3. The molecule has 360 valence electrons. The fraction of sp³-hybridized carbons (Fsp3) is 0.478. The minimum Gasteiger partial charge on any atom is -0.497 e. The number of carbonyl (C=O) groups excluding carboxylic acids is 5. The molecule has 3 N–H and O–H groups in total. The van der Waals surface area contributed by atoms with E-state index >= 15 is 0 Å². The zero-order valence-electron chi connectivity index (χ0n) is 39.1. The second kappa shape index (κ2) is 21.5. The van der Waals surface area contributed by atoms with Crippen LogP contribution in [-0.2, 0) is 57.9 Å². The van der Waals surface area contributed by atoms with E-state index in [1.807, 2.05) is 53.1 Å². The lowest BCUT2D eigenvalue weighted by Crippen LogP contribution is -2.71. The molecule has 5 heterocycles. The summed E-state index contributed by atoms with van der Waals surface area (Å²) >= 11 is 8.92. The Bertz CT molecular complexity index is 2520. The SMILES string of the molecule is CC(C)(C)OC=O.CNCCCn1ccc2c1ccc[n+]2CC1=C(C(=O)OCc2ccc(OC)cc2)N2C(=O)C(NC(=O)/C(=N/OC3(C)CC3)c3nc(NC(=O)OC(C)(C)C)sc3Cl)C2SC1. The van der Waals surface area contributed by atoms with E-state index in [-0.39, 0.29) is 38.8 Å². The molecule has 1 aromatic carbocycles. The highest BCUT2D eigenvalue weighted by Crippen LogP contribution is 2.42. The minimum absolute atomic E-state index is 0.0320. The number of β-lactam (4-membered cyclic amide) rings is 1. The summed E-state index contributed by atoms with van der Waals surface area (Å²) in [6, 6.07) is 12.2. The summed E-state index contributed by atoms with van der Waals surface area (Å²) in [5.41, 5.74) is 1.65. The highest BCUT2D eigenvalue weighted by atomic mass is 35.5. The third-order valence-electron chi connectivity index (χ3n) is 10.4. The third kappa shape index (κ3) is 13.3. The van der Waals surface area contributed by atoms with Gasteiger partial charge in [0.25, 0.3) is 18.3 Å². The molecule has 0 spiro atoms. The molecule has 1 saturated heterocycles. The lowest BCUT2D eigenvalue weighted by molar-refractivity contribution is -0.663. The number of hydrogen-bond acceptors (Lipinski definition) is 15. The number of thiazole rings is 1. The number of halogens is 1. The number of aryl methyl sites for hydroxylation is 1. The van der Waals surface area contributed by atoms with Gasteiger partial charge in [0.15, 0.2) is 23.6 Å². The monoisotopic (exact) mass is 981 g/mol. The molecule has 1 aliphatic carbocycles. The number of carbonyl (C=O) groups is 5. The Morgan fingerprint density at radius 1 is 1.07 bits per heavy atom. The first kappa shape index (κ1) is 50.7. The number of fused-ring (bicyclic) bond motifs is 2. The Morgan fingerprint density at radius 2 is 1.81 bits per heavy atom. The average molecular weight is 983 g/mol. The Hall–Kier alpha value is -5.70. The van der Waals surface area contributed by atoms with Gasteiger partial charge in [0.05, 0.1) is 7.11 Å². The smallest absolute Gasteiger partial charge is 0.413 e. The second-order valence-corrected chi connectivity index (χ2v) is 20.9. The maximum atomic E-state index is 14.2. The topological polar surface area (TPSA) is 205 Å². The van der Waals surface area contributed by atoms with Gasteiger partial charge in [-0.15, -0.1) is 11.8 Å². The Labute approximate surface area is 402 Å². The first-order valence-corrected chi connectivity index (χ1v) is 23.9. The first-order chi connectivity index (χ1) is 31.7. The number of benzene rings is 1. The number of nitrogens with zero attached hydrogens (tertiary/aromatic N) is 5. The van der Waals surface area contributed by atoms with Crippen molar-refractivity contribution in [2.45, 2.75) is 116 Å². The summed E-state index contributed by atoms with van der Waals surface area (Å²) in [6.07, 6.45) is 5.68. The van der Waals surface area contributed by atoms with Crippen LogP contribution in [-0.4, -0.2) is 105 Å². The van der Waals surface area contributed by atoms with Gasteiger partial charge in [-0.3, -0.25) is 24.6 Å². The average Bonchev–Trinajstić information content (AvgIpc) is 3.68. The van der Waals surface area contributed by atoms with Gasteiger partial charge >= 0.3 is 12.1 Å². The molecule has 0 bridgehead atoms. The van der Waals surface area contributed by atoms with Gasteiger partial charge in [-0.2, -0.15) is 4.57 Å². The van der Waals surface area contributed by atoms with E-state index in [0.29, 0.717) is 30.1 Å². The van der Waals surface area contributed by atoms with Gasteiger partial charge in [0.1, 0.15) is 61.8 Å². The number of aromatic nitrogens is 3. The minimum atomic E-state index is -1.03. The van der Waals surface area contributed by atoms with Crippen molar-refractivity contribution >= 4 is 86.9 Å². The zero-order valence-corrected chi connectivity index (χ0v) is 41.5. The van der Waals surface area contributed by atoms with E-state index in [1.54, 1.807) is 52.1 Å². The lowest BCUT2D eigenvalue weighted by Gasteiger charge is -2.49. The molecular weight excluding hydrogens is 924 g/mol. The van der Waals surface area contributed by atoms with Crippen LogP contribution in [0.1, 0.15) is 79.0 Å². The number of pyridine rings is 1. The van der Waals surface area contributed by atoms with Crippen molar-refractivity contribution in [3.8, 4) is 5.75 Å². The number of anilines is 1. The Balaban J connectivity index is 0.000000980. The maximum Gasteiger partial charge on any atom is 0.413 e. The molecule has 0 radical (unpaired) electrons. The number of methoxy groups -OCH3 is 1. The van der Waals surface area contributed by atoms with Crippen molar-refractivity contribution in [3.63, 3.8) is 0 Å². The maximum absolute atomic E-state index is 14.2. The predicted molar refractivity (Wildman–Crippen MR) is 255 cm³/mol. The van der Waals surface area contributed by atoms with Crippen LogP contribution in [0.2, 0.25) is 4.34 Å². The standard InChI is InChI=1S/C41H47ClN8O8S2.C5H10O2/c1-40(2,3)57-39(54)46-38-45-29(33(42)60-38)30(47-58-41(4)15-16-41)34(51)44-31-35(52)50-32(37(53)56-22-24-10-12-26(55-6)13-11-24)25(23-59-36(31)50)21-49-18-7-9-27-28(49)14-20-48(27)19-8-17-43-5;1-5(2,3)7-4-6/h7,9-14,18,20,31,36,43H,8,15-17,19,21-23H2,1-6H3,(H-,44,45,46,51,54);4H,1-3H3/p+1/b47-30+;. The molecule has 3 amide bonds. The van der Waals surface area contributed by atoms with E-state index in [0.717, 1.165) is 60.3 Å². The van der Waals surface area contributed by atoms with Gasteiger partial charge in [-0.05, 0) is 105 Å². The van der Waals surface area contributed by atoms with Gasteiger partial charge in [0.2, 0.25) is 5.52 Å². The molecule has 2 atom stereocenters. The third-order valence-corrected chi connectivity index (χ3v) is 12.9. The van der Waals surface area contributed by atoms with Crippen molar-refractivity contribution in [2.75, 3.05) is 31.8 Å². The Kier molecular flexibility index (Phi) is 16.3. The van der Waals surface area contributed by atoms with Crippen LogP contribution in [0.5, 0.6) is 5.75 Å². The summed E-state index contributed by atoms with van der Waals surface area (Å²) in [4.78, 5) is 76.0. The van der Waals surface area contributed by atoms with Gasteiger partial charge in [-0.1, -0.05) is 40.2 Å². The predicted octanol–water partition coefficient (Wildman–Crippen LogP) is 6.33. The van der Waals surface area contributed by atoms with Gasteiger partial charge < -0.3 is 39.0 Å². The van der Waals surface area contributed by atoms with E-state index < -0.39 is 46.5 Å². The number of amides is 3. The highest BCUT2D eigenvalue weighted by Gasteiger charge is 2.55. The van der Waals surface area contributed by atoms with Crippen LogP contribution in [0.25, 0.3) is 11.0 Å². The molecule has 18 nitrogen and oxygen atoms in total. The van der Waals surface area contributed by atoms with E-state index in [4.69, 9.17) is 30.6 Å². The van der Waals surface area contributed by atoms with Crippen molar-refractivity contribution in [2.24, 2.45) is 5.16 Å². The van der Waals surface area contributed by atoms with Crippen molar-refractivity contribution < 1.29 is 52.3 Å². The van der Waals surface area contributed by atoms with Crippen molar-refractivity contribution in [3.05, 3.63) is 81.7 Å². The second-order valence-electron chi connectivity index (χ2n) is 18.2. The summed E-state index contributed by atoms with van der Waals surface area (Å²) in [7, 11) is 3.50. The fourth-order valence-electron chi connectivity index (χ4n) is 6.77. The molecule has 3 aliphatic rings. The molecule has 1 saturated carbocycles. The number of ether oxygens (including phenoxy) is 4. The van der Waals surface area contributed by atoms with Crippen LogP contribution < -0.4 is 25.3 Å². The Morgan fingerprint density at radius 3 is 2.43 bits per heavy atom. The molecular formula is C46H58ClN8O10S2+. The number of nitrogens with one attached hydrogen (secondary N) is 3. The van der Waals surface area contributed by atoms with Gasteiger partial charge in [0, 0.05) is 36.2 Å².